The van der Waals surface area contributed by atoms with Gasteiger partial charge in [-0.15, -0.1) is 17.9 Å². The van der Waals surface area contributed by atoms with Gasteiger partial charge in [0.15, 0.2) is 0 Å². The summed E-state index contributed by atoms with van der Waals surface area (Å²) in [5.41, 5.74) is 3.27. The average molecular weight is 539 g/mol. The predicted molar refractivity (Wildman–Crippen MR) is 149 cm³/mol. The summed E-state index contributed by atoms with van der Waals surface area (Å²) >= 11 is 1.68. The molecule has 0 bridgehead atoms. The molecule has 0 saturated heterocycles. The zero-order valence-electron chi connectivity index (χ0n) is 21.6. The highest BCUT2D eigenvalue weighted by molar-refractivity contribution is 7.89. The van der Waals surface area contributed by atoms with Crippen LogP contribution in [0.1, 0.15) is 47.4 Å². The molecule has 196 valence electrons. The Bertz CT molecular complexity index is 1330. The van der Waals surface area contributed by atoms with E-state index in [1.807, 2.05) is 30.5 Å². The van der Waals surface area contributed by atoms with E-state index in [1.165, 1.54) is 20.8 Å². The number of hydrogen-bond donors (Lipinski definition) is 0. The first-order chi connectivity index (χ1) is 17.7. The molecule has 0 N–H and O–H groups in total. The Morgan fingerprint density at radius 3 is 2.51 bits per heavy atom. The summed E-state index contributed by atoms with van der Waals surface area (Å²) in [5.74, 6) is 0.927. The van der Waals surface area contributed by atoms with Gasteiger partial charge in [0, 0.05) is 18.0 Å². The third-order valence-electron chi connectivity index (χ3n) is 6.67. The Morgan fingerprint density at radius 2 is 1.86 bits per heavy atom. The molecule has 3 aromatic rings. The number of sulfonamides is 1. The largest absolute Gasteiger partial charge is 0.491 e. The number of ether oxygens (including phenoxy) is 1. The molecule has 0 saturated carbocycles. The van der Waals surface area contributed by atoms with Crippen molar-refractivity contribution in [3.05, 3.63) is 94.2 Å². The van der Waals surface area contributed by atoms with Gasteiger partial charge in [0.25, 0.3) is 0 Å². The van der Waals surface area contributed by atoms with E-state index in [9.17, 15) is 13.2 Å². The third-order valence-corrected chi connectivity index (χ3v) is 9.50. The number of rotatable bonds is 10. The smallest absolute Gasteiger partial charge is 0.243 e. The van der Waals surface area contributed by atoms with Crippen molar-refractivity contribution >= 4 is 27.3 Å². The zero-order valence-corrected chi connectivity index (χ0v) is 23.2. The van der Waals surface area contributed by atoms with Gasteiger partial charge in [-0.05, 0) is 66.1 Å². The Morgan fingerprint density at radius 1 is 1.16 bits per heavy atom. The summed E-state index contributed by atoms with van der Waals surface area (Å²) in [4.78, 5) is 16.8. The molecule has 0 unspecified atom stereocenters. The number of carbonyl (C=O) groups is 1. The van der Waals surface area contributed by atoms with Gasteiger partial charge < -0.3 is 9.64 Å². The van der Waals surface area contributed by atoms with Crippen LogP contribution in [0.5, 0.6) is 5.75 Å². The lowest BCUT2D eigenvalue weighted by Crippen LogP contribution is -2.47. The standard InChI is InChI=1S/C29H34N2O4S2/c1-5-16-30(37(33,34)25-12-6-22(4)7-13-25)19-29(32)31-17-14-28-26(15-18-36-28)27(31)20-35-24-10-8-23(9-11-24)21(2)3/h5-13,15,18,21,27H,1,14,16-17,19-20H2,2-4H3/t27-/m0/s1. The van der Waals surface area contributed by atoms with Crippen LogP contribution < -0.4 is 4.74 Å². The number of aryl methyl sites for hydroxylation is 1. The van der Waals surface area contributed by atoms with Crippen molar-refractivity contribution in [1.82, 2.24) is 9.21 Å². The monoisotopic (exact) mass is 538 g/mol. The van der Waals surface area contributed by atoms with E-state index >= 15 is 0 Å². The Labute approximate surface area is 224 Å². The molecular formula is C29H34N2O4S2. The lowest BCUT2D eigenvalue weighted by Gasteiger charge is -2.36. The maximum absolute atomic E-state index is 13.6. The minimum Gasteiger partial charge on any atom is -0.491 e. The van der Waals surface area contributed by atoms with Crippen molar-refractivity contribution < 1.29 is 17.9 Å². The quantitative estimate of drug-likeness (QED) is 0.317. The Kier molecular flexibility index (Phi) is 8.52. The van der Waals surface area contributed by atoms with Gasteiger partial charge in [0.1, 0.15) is 12.4 Å². The highest BCUT2D eigenvalue weighted by atomic mass is 32.2. The van der Waals surface area contributed by atoms with Gasteiger partial charge in [-0.2, -0.15) is 4.31 Å². The normalized spacial score (nSPS) is 15.6. The SMILES string of the molecule is C=CCN(CC(=O)N1CCc2sccc2[C@@H]1COc1ccc(C(C)C)cc1)S(=O)(=O)c1ccc(C)cc1. The molecule has 1 aromatic heterocycles. The first-order valence-corrected chi connectivity index (χ1v) is 14.8. The fourth-order valence-electron chi connectivity index (χ4n) is 4.49. The second kappa shape index (κ2) is 11.6. The maximum Gasteiger partial charge on any atom is 0.243 e. The minimum absolute atomic E-state index is 0.0445. The van der Waals surface area contributed by atoms with E-state index in [4.69, 9.17) is 4.74 Å². The number of nitrogens with zero attached hydrogens (tertiary/aromatic N) is 2. The van der Waals surface area contributed by atoms with Crippen LogP contribution in [-0.4, -0.2) is 49.8 Å². The van der Waals surface area contributed by atoms with Gasteiger partial charge in [-0.3, -0.25) is 4.79 Å². The number of amides is 1. The predicted octanol–water partition coefficient (Wildman–Crippen LogP) is 5.56. The Hall–Kier alpha value is -2.94. The molecule has 0 aliphatic carbocycles. The fraction of sp³-hybridized carbons (Fsp3) is 0.345. The first-order valence-electron chi connectivity index (χ1n) is 12.5. The molecule has 2 heterocycles. The molecule has 0 radical (unpaired) electrons. The molecule has 6 nitrogen and oxygen atoms in total. The number of carbonyl (C=O) groups excluding carboxylic acids is 1. The van der Waals surface area contributed by atoms with Crippen LogP contribution in [-0.2, 0) is 21.2 Å². The molecule has 37 heavy (non-hydrogen) atoms. The number of thiophene rings is 1. The molecule has 4 rings (SSSR count). The average Bonchev–Trinajstić information content (AvgIpc) is 3.36. The summed E-state index contributed by atoms with van der Waals surface area (Å²) in [5, 5.41) is 2.04. The third kappa shape index (κ3) is 6.14. The molecular weight excluding hydrogens is 504 g/mol. The van der Waals surface area contributed by atoms with Crippen molar-refractivity contribution in [3.63, 3.8) is 0 Å². The minimum atomic E-state index is -3.86. The molecule has 1 atom stereocenters. The number of hydrogen-bond acceptors (Lipinski definition) is 5. The van der Waals surface area contributed by atoms with Crippen molar-refractivity contribution in [1.29, 1.82) is 0 Å². The van der Waals surface area contributed by atoms with E-state index in [-0.39, 0.29) is 29.9 Å². The van der Waals surface area contributed by atoms with Crippen LogP contribution >= 0.6 is 11.3 Å². The van der Waals surface area contributed by atoms with Crippen LogP contribution in [0.3, 0.4) is 0 Å². The summed E-state index contributed by atoms with van der Waals surface area (Å²) in [7, 11) is -3.86. The summed E-state index contributed by atoms with van der Waals surface area (Å²) in [6, 6.07) is 16.4. The highest BCUT2D eigenvalue weighted by Gasteiger charge is 2.35. The molecule has 0 spiro atoms. The first kappa shape index (κ1) is 27.1. The number of fused-ring (bicyclic) bond motifs is 1. The molecule has 8 heteroatoms. The summed E-state index contributed by atoms with van der Waals surface area (Å²) in [6.45, 7) is 10.5. The van der Waals surface area contributed by atoms with Crippen LogP contribution in [0.25, 0.3) is 0 Å². The second-order valence-corrected chi connectivity index (χ2v) is 12.5. The number of benzene rings is 2. The fourth-order valence-corrected chi connectivity index (χ4v) is 6.78. The second-order valence-electron chi connectivity index (χ2n) is 9.59. The van der Waals surface area contributed by atoms with E-state index in [0.29, 0.717) is 19.1 Å². The van der Waals surface area contributed by atoms with Crippen molar-refractivity contribution in [2.24, 2.45) is 0 Å². The van der Waals surface area contributed by atoms with Crippen molar-refractivity contribution in [2.75, 3.05) is 26.2 Å². The van der Waals surface area contributed by atoms with Crippen LogP contribution in [0.15, 0.2) is 77.5 Å². The molecule has 1 amide bonds. The van der Waals surface area contributed by atoms with Gasteiger partial charge in [-0.25, -0.2) is 8.42 Å². The van der Waals surface area contributed by atoms with E-state index in [1.54, 1.807) is 40.5 Å². The zero-order chi connectivity index (χ0) is 26.6. The Balaban J connectivity index is 1.54. The van der Waals surface area contributed by atoms with Crippen molar-refractivity contribution in [3.8, 4) is 5.75 Å². The maximum atomic E-state index is 13.6. The van der Waals surface area contributed by atoms with Crippen LogP contribution in [0.2, 0.25) is 0 Å². The summed E-state index contributed by atoms with van der Waals surface area (Å²) < 4.78 is 34.1. The van der Waals surface area contributed by atoms with Crippen LogP contribution in [0.4, 0.5) is 0 Å². The lowest BCUT2D eigenvalue weighted by atomic mass is 10.0. The topological polar surface area (TPSA) is 66.9 Å². The van der Waals surface area contributed by atoms with E-state index in [2.05, 4.69) is 32.6 Å². The molecule has 1 aliphatic rings. The lowest BCUT2D eigenvalue weighted by molar-refractivity contribution is -0.135. The van der Waals surface area contributed by atoms with Crippen molar-refractivity contribution in [2.45, 2.75) is 44.0 Å². The van der Waals surface area contributed by atoms with Gasteiger partial charge in [-0.1, -0.05) is 49.8 Å². The van der Waals surface area contributed by atoms with Gasteiger partial charge in [0.05, 0.1) is 17.5 Å². The van der Waals surface area contributed by atoms with Gasteiger partial charge >= 0.3 is 0 Å². The van der Waals surface area contributed by atoms with Gasteiger partial charge in [0.2, 0.25) is 15.9 Å². The molecule has 0 fully saturated rings. The van der Waals surface area contributed by atoms with E-state index in [0.717, 1.165) is 23.3 Å². The molecule has 1 aliphatic heterocycles. The molecule has 2 aromatic carbocycles. The summed E-state index contributed by atoms with van der Waals surface area (Å²) in [6.07, 6.45) is 2.25. The highest BCUT2D eigenvalue weighted by Crippen LogP contribution is 2.34. The van der Waals surface area contributed by atoms with Crippen LogP contribution in [0, 0.1) is 6.92 Å². The van der Waals surface area contributed by atoms with E-state index < -0.39 is 10.0 Å².